The van der Waals surface area contributed by atoms with E-state index < -0.39 is 17.9 Å². The van der Waals surface area contributed by atoms with Gasteiger partial charge in [0.15, 0.2) is 0 Å². The molecule has 0 radical (unpaired) electrons. The number of rotatable bonds is 3. The first-order valence-corrected chi connectivity index (χ1v) is 4.84. The molecule has 0 atom stereocenters. The van der Waals surface area contributed by atoms with E-state index in [0.29, 0.717) is 11.1 Å². The van der Waals surface area contributed by atoms with Gasteiger partial charge in [-0.1, -0.05) is 17.7 Å². The van der Waals surface area contributed by atoms with E-state index in [9.17, 15) is 19.8 Å². The van der Waals surface area contributed by atoms with Crippen LogP contribution in [0.2, 0.25) is 0 Å². The maximum atomic E-state index is 10.8. The van der Waals surface area contributed by atoms with Crippen molar-refractivity contribution in [3.63, 3.8) is 0 Å². The molecule has 0 fully saturated rings. The van der Waals surface area contributed by atoms with E-state index in [0.717, 1.165) is 5.56 Å². The van der Waals surface area contributed by atoms with Crippen LogP contribution in [0, 0.1) is 20.8 Å². The van der Waals surface area contributed by atoms with Crippen molar-refractivity contribution in [3.8, 4) is 0 Å². The third-order valence-electron chi connectivity index (χ3n) is 2.50. The topological polar surface area (TPSA) is 80.3 Å². The van der Waals surface area contributed by atoms with E-state index in [-0.39, 0.29) is 54.4 Å². The summed E-state index contributed by atoms with van der Waals surface area (Å²) in [7, 11) is 0. The van der Waals surface area contributed by atoms with Gasteiger partial charge in [-0.2, -0.15) is 0 Å². The molecule has 0 aromatic heterocycles. The molecule has 1 aromatic rings. The summed E-state index contributed by atoms with van der Waals surface area (Å²) in [4.78, 5) is 21.6. The van der Waals surface area contributed by atoms with Crippen molar-refractivity contribution in [2.45, 2.75) is 26.7 Å². The number of hydrogen-bond donors (Lipinski definition) is 0. The number of carboxylic acids is 2. The molecule has 86 valence electrons. The molecule has 0 amide bonds. The maximum Gasteiger partial charge on any atom is 2.00 e. The van der Waals surface area contributed by atoms with Crippen molar-refractivity contribution in [2.75, 3.05) is 0 Å². The molecule has 17 heavy (non-hydrogen) atoms. The van der Waals surface area contributed by atoms with Gasteiger partial charge in [-0.05, 0) is 37.5 Å². The number of carboxylic acid groups (broad SMARTS) is 2. The number of hydrogen-bond acceptors (Lipinski definition) is 4. The fraction of sp³-hybridized carbons (Fsp3) is 0.333. The number of aliphatic carboxylic acids is 2. The number of carbonyl (C=O) groups is 2. The summed E-state index contributed by atoms with van der Waals surface area (Å²) in [5, 5.41) is 21.6. The second-order valence-corrected chi connectivity index (χ2v) is 3.88. The van der Waals surface area contributed by atoms with E-state index in [1.165, 1.54) is 0 Å². The number of carbonyl (C=O) groups excluding carboxylic acids is 2. The zero-order chi connectivity index (χ0) is 12.5. The van der Waals surface area contributed by atoms with E-state index in [4.69, 9.17) is 0 Å². The summed E-state index contributed by atoms with van der Waals surface area (Å²) >= 11 is 0. The first-order valence-electron chi connectivity index (χ1n) is 4.84. The Morgan fingerprint density at radius 3 is 1.65 bits per heavy atom. The zero-order valence-electron chi connectivity index (χ0n) is 10.1. The summed E-state index contributed by atoms with van der Waals surface area (Å²) in [5.74, 6) is -4.99. The minimum Gasteiger partial charge on any atom is -0.549 e. The minimum atomic E-state index is -1.71. The van der Waals surface area contributed by atoms with E-state index in [1.807, 2.05) is 6.92 Å². The van der Waals surface area contributed by atoms with Crippen LogP contribution in [0.1, 0.15) is 28.2 Å². The fourth-order valence-electron chi connectivity index (χ4n) is 1.98. The first-order chi connectivity index (χ1) is 7.34. The molecule has 0 aliphatic carbocycles. The molecule has 0 saturated carbocycles. The van der Waals surface area contributed by atoms with Gasteiger partial charge in [0.1, 0.15) is 0 Å². The summed E-state index contributed by atoms with van der Waals surface area (Å²) in [6, 6.07) is 3.47. The van der Waals surface area contributed by atoms with Crippen LogP contribution in [0.15, 0.2) is 12.1 Å². The summed E-state index contributed by atoms with van der Waals surface area (Å²) in [6.45, 7) is 5.21. The second-order valence-electron chi connectivity index (χ2n) is 3.88. The number of aryl methyl sites for hydroxylation is 3. The van der Waals surface area contributed by atoms with Crippen molar-refractivity contribution in [2.24, 2.45) is 0 Å². The van der Waals surface area contributed by atoms with Crippen LogP contribution >= 0.6 is 0 Å². The minimum absolute atomic E-state index is 0. The molecule has 0 N–H and O–H groups in total. The molecule has 0 aliphatic rings. The van der Waals surface area contributed by atoms with Gasteiger partial charge in [0, 0.05) is 0 Å². The van der Waals surface area contributed by atoms with Gasteiger partial charge in [-0.25, -0.2) is 0 Å². The van der Waals surface area contributed by atoms with Crippen LogP contribution in [0.3, 0.4) is 0 Å². The molecule has 0 heterocycles. The Hall–Kier alpha value is -0.269. The molecule has 0 aliphatic heterocycles. The monoisotopic (exact) mass is 358 g/mol. The van der Waals surface area contributed by atoms with E-state index in [1.54, 1.807) is 26.0 Å². The Labute approximate surface area is 140 Å². The van der Waals surface area contributed by atoms with Crippen molar-refractivity contribution in [1.29, 1.82) is 0 Å². The van der Waals surface area contributed by atoms with Gasteiger partial charge in [-0.3, -0.25) is 0 Å². The molecular weight excluding hydrogens is 345 g/mol. The quantitative estimate of drug-likeness (QED) is 0.503. The van der Waals surface area contributed by atoms with Crippen molar-refractivity contribution in [1.82, 2.24) is 0 Å². The van der Waals surface area contributed by atoms with Gasteiger partial charge in [-0.15, -0.1) is 0 Å². The molecule has 5 heteroatoms. The fourth-order valence-corrected chi connectivity index (χ4v) is 1.98. The van der Waals surface area contributed by atoms with Crippen LogP contribution in [0.25, 0.3) is 0 Å². The van der Waals surface area contributed by atoms with Crippen molar-refractivity contribution < 1.29 is 19.8 Å². The van der Waals surface area contributed by atoms with Gasteiger partial charge in [0.25, 0.3) is 0 Å². The van der Waals surface area contributed by atoms with E-state index in [2.05, 4.69) is 0 Å². The van der Waals surface area contributed by atoms with E-state index >= 15 is 0 Å². The van der Waals surface area contributed by atoms with Gasteiger partial charge in [0.05, 0.1) is 17.9 Å². The molecular formula is C12H12BaO4. The number of benzene rings is 1. The van der Waals surface area contributed by atoms with Crippen LogP contribution in [-0.2, 0) is 9.59 Å². The molecule has 4 nitrogen and oxygen atoms in total. The SMILES string of the molecule is Cc1cc(C)c(C(C(=O)[O-])C(=O)[O-])c(C)c1.[Ba+2]. The normalized spacial score (nSPS) is 9.88. The Kier molecular flexibility index (Phi) is 6.50. The van der Waals surface area contributed by atoms with Crippen LogP contribution in [0.4, 0.5) is 0 Å². The Morgan fingerprint density at radius 1 is 1.00 bits per heavy atom. The second kappa shape index (κ2) is 6.61. The average molecular weight is 358 g/mol. The largest absolute Gasteiger partial charge is 2.00 e. The summed E-state index contributed by atoms with van der Waals surface area (Å²) in [6.07, 6.45) is 0. The molecule has 1 aromatic carbocycles. The molecule has 0 spiro atoms. The Morgan fingerprint density at radius 2 is 1.35 bits per heavy atom. The third-order valence-corrected chi connectivity index (χ3v) is 2.50. The zero-order valence-corrected chi connectivity index (χ0v) is 14.5. The standard InChI is InChI=1S/C12H14O4.Ba/c1-6-4-7(2)9(8(3)5-6)10(11(13)14)12(15)16;/h4-5,10H,1-3H3,(H,13,14)(H,15,16);/q;+2/p-2. The maximum absolute atomic E-state index is 10.8. The summed E-state index contributed by atoms with van der Waals surface area (Å²) in [5.41, 5.74) is 2.45. The average Bonchev–Trinajstić information content (AvgIpc) is 2.09. The van der Waals surface area contributed by atoms with Crippen molar-refractivity contribution >= 4 is 60.8 Å². The summed E-state index contributed by atoms with van der Waals surface area (Å²) < 4.78 is 0. The van der Waals surface area contributed by atoms with Crippen molar-refractivity contribution in [3.05, 3.63) is 34.4 Å². The third kappa shape index (κ3) is 3.86. The van der Waals surface area contributed by atoms with Gasteiger partial charge in [0.2, 0.25) is 0 Å². The first kappa shape index (κ1) is 16.7. The smallest absolute Gasteiger partial charge is 0.549 e. The predicted octanol–water partition coefficient (Wildman–Crippen LogP) is -1.19. The molecule has 0 saturated heterocycles. The van der Waals surface area contributed by atoms with Crippen LogP contribution < -0.4 is 10.2 Å². The molecule has 0 bridgehead atoms. The Bertz CT molecular complexity index is 417. The molecule has 1 rings (SSSR count). The predicted molar refractivity (Wildman–Crippen MR) is 59.2 cm³/mol. The van der Waals surface area contributed by atoms with Gasteiger partial charge >= 0.3 is 48.9 Å². The Balaban J connectivity index is 0.00000256. The van der Waals surface area contributed by atoms with Gasteiger partial charge < -0.3 is 19.8 Å². The molecule has 0 unspecified atom stereocenters. The van der Waals surface area contributed by atoms with Crippen LogP contribution in [0.5, 0.6) is 0 Å². The van der Waals surface area contributed by atoms with Crippen LogP contribution in [-0.4, -0.2) is 60.8 Å².